The van der Waals surface area contributed by atoms with Crippen molar-refractivity contribution in [3.63, 3.8) is 0 Å². The number of methoxy groups -OCH3 is 1. The topological polar surface area (TPSA) is 61.5 Å². The van der Waals surface area contributed by atoms with Crippen LogP contribution in [0.15, 0.2) is 12.1 Å². The fourth-order valence-corrected chi connectivity index (χ4v) is 2.70. The molecule has 4 nitrogen and oxygen atoms in total. The standard InChI is InChI=1S/C15H20ClNO3/c1-19-14-9-10(13(18)6-7-17)8-12(16)15(14)20-11-4-2-3-5-11/h8-9,11H,2-7,17H2,1H3. The van der Waals surface area contributed by atoms with Crippen LogP contribution in [-0.4, -0.2) is 25.5 Å². The molecular formula is C15H20ClNO3. The van der Waals surface area contributed by atoms with Crippen molar-refractivity contribution >= 4 is 17.4 Å². The van der Waals surface area contributed by atoms with Gasteiger partial charge in [-0.2, -0.15) is 0 Å². The predicted molar refractivity (Wildman–Crippen MR) is 78.9 cm³/mol. The summed E-state index contributed by atoms with van der Waals surface area (Å²) in [4.78, 5) is 11.9. The van der Waals surface area contributed by atoms with Crippen LogP contribution in [0, 0.1) is 0 Å². The van der Waals surface area contributed by atoms with Crippen molar-refractivity contribution < 1.29 is 14.3 Å². The highest BCUT2D eigenvalue weighted by Crippen LogP contribution is 2.39. The van der Waals surface area contributed by atoms with Gasteiger partial charge in [-0.05, 0) is 44.4 Å². The van der Waals surface area contributed by atoms with Crippen molar-refractivity contribution in [1.82, 2.24) is 0 Å². The molecule has 1 aromatic rings. The van der Waals surface area contributed by atoms with Gasteiger partial charge in [0.15, 0.2) is 17.3 Å². The van der Waals surface area contributed by atoms with Crippen LogP contribution in [0.25, 0.3) is 0 Å². The lowest BCUT2D eigenvalue weighted by molar-refractivity contribution is 0.0985. The third-order valence-electron chi connectivity index (χ3n) is 3.51. The van der Waals surface area contributed by atoms with Crippen molar-refractivity contribution in [3.05, 3.63) is 22.7 Å². The average Bonchev–Trinajstić information content (AvgIpc) is 2.94. The molecule has 5 heteroatoms. The number of halogens is 1. The van der Waals surface area contributed by atoms with E-state index in [9.17, 15) is 4.79 Å². The van der Waals surface area contributed by atoms with Gasteiger partial charge in [0.25, 0.3) is 0 Å². The molecule has 0 heterocycles. The lowest BCUT2D eigenvalue weighted by Gasteiger charge is -2.18. The van der Waals surface area contributed by atoms with Gasteiger partial charge in [0, 0.05) is 12.0 Å². The lowest BCUT2D eigenvalue weighted by Crippen LogP contribution is -2.13. The van der Waals surface area contributed by atoms with Crippen LogP contribution in [0.5, 0.6) is 11.5 Å². The molecule has 1 aliphatic carbocycles. The number of nitrogens with two attached hydrogens (primary N) is 1. The van der Waals surface area contributed by atoms with Crippen LogP contribution in [0.3, 0.4) is 0 Å². The van der Waals surface area contributed by atoms with Crippen LogP contribution in [0.4, 0.5) is 0 Å². The molecule has 1 saturated carbocycles. The molecule has 20 heavy (non-hydrogen) atoms. The molecule has 0 aromatic heterocycles. The minimum absolute atomic E-state index is 0.0416. The average molecular weight is 298 g/mol. The summed E-state index contributed by atoms with van der Waals surface area (Å²) < 4.78 is 11.2. The molecule has 0 aliphatic heterocycles. The number of Topliss-reactive ketones (excluding diaryl/α,β-unsaturated/α-hetero) is 1. The van der Waals surface area contributed by atoms with E-state index in [0.717, 1.165) is 12.8 Å². The normalized spacial score (nSPS) is 15.3. The monoisotopic (exact) mass is 297 g/mol. The van der Waals surface area contributed by atoms with Crippen molar-refractivity contribution in [1.29, 1.82) is 0 Å². The number of carbonyl (C=O) groups is 1. The molecule has 0 spiro atoms. The second-order valence-electron chi connectivity index (χ2n) is 4.98. The van der Waals surface area contributed by atoms with Gasteiger partial charge in [0.1, 0.15) is 0 Å². The summed E-state index contributed by atoms with van der Waals surface area (Å²) in [6, 6.07) is 3.31. The van der Waals surface area contributed by atoms with Crippen molar-refractivity contribution in [2.24, 2.45) is 5.73 Å². The number of rotatable bonds is 6. The zero-order valence-electron chi connectivity index (χ0n) is 11.7. The number of benzene rings is 1. The molecule has 0 amide bonds. The highest BCUT2D eigenvalue weighted by atomic mass is 35.5. The van der Waals surface area contributed by atoms with Crippen LogP contribution in [-0.2, 0) is 0 Å². The summed E-state index contributed by atoms with van der Waals surface area (Å²) in [5.41, 5.74) is 5.91. The van der Waals surface area contributed by atoms with E-state index in [-0.39, 0.29) is 11.9 Å². The number of hydrogen-bond donors (Lipinski definition) is 1. The number of ketones is 1. The highest BCUT2D eigenvalue weighted by Gasteiger charge is 2.21. The minimum Gasteiger partial charge on any atom is -0.493 e. The van der Waals surface area contributed by atoms with E-state index in [1.807, 2.05) is 0 Å². The lowest BCUT2D eigenvalue weighted by atomic mass is 10.1. The molecule has 0 saturated heterocycles. The Balaban J connectivity index is 2.25. The van der Waals surface area contributed by atoms with Crippen molar-refractivity contribution in [2.75, 3.05) is 13.7 Å². The summed E-state index contributed by atoms with van der Waals surface area (Å²) in [5.74, 6) is 0.996. The Morgan fingerprint density at radius 3 is 2.70 bits per heavy atom. The van der Waals surface area contributed by atoms with Crippen LogP contribution in [0.1, 0.15) is 42.5 Å². The van der Waals surface area contributed by atoms with Crippen LogP contribution < -0.4 is 15.2 Å². The maximum atomic E-state index is 11.9. The first-order chi connectivity index (χ1) is 9.65. The first-order valence-electron chi connectivity index (χ1n) is 6.93. The molecule has 2 N–H and O–H groups in total. The maximum absolute atomic E-state index is 11.9. The fourth-order valence-electron chi connectivity index (χ4n) is 2.44. The Labute approximate surface area is 124 Å². The van der Waals surface area contributed by atoms with E-state index in [1.165, 1.54) is 12.8 Å². The summed E-state index contributed by atoms with van der Waals surface area (Å²) >= 11 is 6.25. The Kier molecular flexibility index (Phi) is 5.26. The third kappa shape index (κ3) is 3.44. The summed E-state index contributed by atoms with van der Waals surface area (Å²) in [7, 11) is 1.55. The maximum Gasteiger partial charge on any atom is 0.180 e. The van der Waals surface area contributed by atoms with Gasteiger partial charge in [0.05, 0.1) is 18.2 Å². The molecule has 0 bridgehead atoms. The quantitative estimate of drug-likeness (QED) is 0.819. The van der Waals surface area contributed by atoms with Gasteiger partial charge >= 0.3 is 0 Å². The first-order valence-corrected chi connectivity index (χ1v) is 7.31. The predicted octanol–water partition coefficient (Wildman–Crippen LogP) is 3.20. The van der Waals surface area contributed by atoms with Crippen LogP contribution in [0.2, 0.25) is 5.02 Å². The smallest absolute Gasteiger partial charge is 0.180 e. The van der Waals surface area contributed by atoms with Gasteiger partial charge in [-0.15, -0.1) is 0 Å². The SMILES string of the molecule is COc1cc(C(=O)CCN)cc(Cl)c1OC1CCCC1. The summed E-state index contributed by atoms with van der Waals surface area (Å²) in [6.45, 7) is 0.319. The van der Waals surface area contributed by atoms with E-state index < -0.39 is 0 Å². The molecule has 1 aromatic carbocycles. The van der Waals surface area contributed by atoms with Gasteiger partial charge in [0.2, 0.25) is 0 Å². The van der Waals surface area contributed by atoms with Crippen LogP contribution >= 0.6 is 11.6 Å². The van der Waals surface area contributed by atoms with Gasteiger partial charge < -0.3 is 15.2 Å². The zero-order valence-corrected chi connectivity index (χ0v) is 12.4. The Morgan fingerprint density at radius 2 is 2.10 bits per heavy atom. The summed E-state index contributed by atoms with van der Waals surface area (Å²) in [5, 5.41) is 0.414. The third-order valence-corrected chi connectivity index (χ3v) is 3.79. The van der Waals surface area contributed by atoms with E-state index >= 15 is 0 Å². The highest BCUT2D eigenvalue weighted by molar-refractivity contribution is 6.32. The molecule has 110 valence electrons. The van der Waals surface area contributed by atoms with E-state index in [2.05, 4.69) is 0 Å². The van der Waals surface area contributed by atoms with Gasteiger partial charge in [-0.3, -0.25) is 4.79 Å². The molecule has 0 radical (unpaired) electrons. The van der Waals surface area contributed by atoms with Gasteiger partial charge in [-0.1, -0.05) is 11.6 Å². The Bertz CT molecular complexity index is 484. The van der Waals surface area contributed by atoms with E-state index in [4.69, 9.17) is 26.8 Å². The summed E-state index contributed by atoms with van der Waals surface area (Å²) in [6.07, 6.45) is 4.91. The van der Waals surface area contributed by atoms with E-state index in [0.29, 0.717) is 35.1 Å². The van der Waals surface area contributed by atoms with Crippen molar-refractivity contribution in [2.45, 2.75) is 38.2 Å². The largest absolute Gasteiger partial charge is 0.493 e. The second-order valence-corrected chi connectivity index (χ2v) is 5.38. The Hall–Kier alpha value is -1.26. The number of hydrogen-bond acceptors (Lipinski definition) is 4. The molecule has 2 rings (SSSR count). The number of carbonyl (C=O) groups excluding carboxylic acids is 1. The molecule has 0 atom stereocenters. The minimum atomic E-state index is -0.0416. The van der Waals surface area contributed by atoms with Crippen molar-refractivity contribution in [3.8, 4) is 11.5 Å². The zero-order chi connectivity index (χ0) is 14.5. The molecule has 0 unspecified atom stereocenters. The second kappa shape index (κ2) is 6.95. The van der Waals surface area contributed by atoms with Gasteiger partial charge in [-0.25, -0.2) is 0 Å². The first kappa shape index (κ1) is 15.1. The fraction of sp³-hybridized carbons (Fsp3) is 0.533. The number of ether oxygens (including phenoxy) is 2. The van der Waals surface area contributed by atoms with E-state index in [1.54, 1.807) is 19.2 Å². The molecule has 1 fully saturated rings. The molecular weight excluding hydrogens is 278 g/mol. The Morgan fingerprint density at radius 1 is 1.40 bits per heavy atom. The molecule has 1 aliphatic rings.